The molecule has 0 amide bonds. The molecule has 2 N–H and O–H groups in total. The summed E-state index contributed by atoms with van der Waals surface area (Å²) in [5.74, 6) is 0. The molecular formula is C9H8ClF4N. The van der Waals surface area contributed by atoms with E-state index in [0.717, 1.165) is 12.1 Å². The van der Waals surface area contributed by atoms with Crippen molar-refractivity contribution in [3.05, 3.63) is 34.3 Å². The number of hydrogen-bond acceptors (Lipinski definition) is 1. The summed E-state index contributed by atoms with van der Waals surface area (Å²) in [5.41, 5.74) is 4.25. The molecule has 1 aromatic carbocycles. The first-order chi connectivity index (χ1) is 6.88. The highest BCUT2D eigenvalue weighted by molar-refractivity contribution is 6.32. The van der Waals surface area contributed by atoms with Gasteiger partial charge in [-0.25, -0.2) is 4.39 Å². The van der Waals surface area contributed by atoms with Crippen molar-refractivity contribution in [3.8, 4) is 0 Å². The van der Waals surface area contributed by atoms with Gasteiger partial charge >= 0.3 is 6.18 Å². The van der Waals surface area contributed by atoms with Crippen molar-refractivity contribution < 1.29 is 17.6 Å². The molecular weight excluding hydrogens is 234 g/mol. The Morgan fingerprint density at radius 1 is 1.33 bits per heavy atom. The Labute approximate surface area is 88.8 Å². The van der Waals surface area contributed by atoms with Gasteiger partial charge in [0.15, 0.2) is 0 Å². The molecule has 0 unspecified atom stereocenters. The lowest BCUT2D eigenvalue weighted by Gasteiger charge is -2.14. The number of rotatable bonds is 2. The van der Waals surface area contributed by atoms with Crippen molar-refractivity contribution in [3.63, 3.8) is 0 Å². The van der Waals surface area contributed by atoms with Crippen LogP contribution in [0.3, 0.4) is 0 Å². The third-order valence-corrected chi connectivity index (χ3v) is 2.32. The van der Waals surface area contributed by atoms with Crippen LogP contribution in [0.4, 0.5) is 17.6 Å². The van der Waals surface area contributed by atoms with Gasteiger partial charge in [-0.15, -0.1) is 0 Å². The molecule has 0 aliphatic heterocycles. The summed E-state index contributed by atoms with van der Waals surface area (Å²) < 4.78 is 49.3. The number of nitrogens with two attached hydrogens (primary N) is 1. The van der Waals surface area contributed by atoms with E-state index in [0.29, 0.717) is 0 Å². The second-order valence-electron chi connectivity index (χ2n) is 2.97. The summed E-state index contributed by atoms with van der Waals surface area (Å²) in [5, 5.41) is -0.532. The number of hydrogen-bond donors (Lipinski definition) is 1. The van der Waals surface area contributed by atoms with Gasteiger partial charge in [0, 0.05) is 0 Å². The molecule has 0 bridgehead atoms. The smallest absolute Gasteiger partial charge is 0.322 e. The SMILES string of the molecule is N[C@@H](CF)c1cccc(C(F)(F)F)c1Cl. The standard InChI is InChI=1S/C9H8ClF4N/c10-8-5(7(15)4-11)2-1-3-6(8)9(12,13)14/h1-3,7H,4,15H2/t7-/m0/s1. The molecule has 0 spiro atoms. The lowest BCUT2D eigenvalue weighted by atomic mass is 10.0. The number of alkyl halides is 4. The average Bonchev–Trinajstić information content (AvgIpc) is 2.15. The minimum Gasteiger partial charge on any atom is -0.322 e. The molecule has 0 aromatic heterocycles. The van der Waals surface area contributed by atoms with Crippen molar-refractivity contribution in [2.75, 3.05) is 6.67 Å². The molecule has 0 saturated heterocycles. The van der Waals surface area contributed by atoms with E-state index in [1.54, 1.807) is 0 Å². The molecule has 0 aliphatic rings. The third-order valence-electron chi connectivity index (χ3n) is 1.90. The quantitative estimate of drug-likeness (QED) is 0.790. The first kappa shape index (κ1) is 12.3. The van der Waals surface area contributed by atoms with E-state index in [9.17, 15) is 17.6 Å². The summed E-state index contributed by atoms with van der Waals surface area (Å²) in [6.07, 6.45) is -4.55. The fourth-order valence-electron chi connectivity index (χ4n) is 1.14. The van der Waals surface area contributed by atoms with Crippen LogP contribution in [0.25, 0.3) is 0 Å². The van der Waals surface area contributed by atoms with Gasteiger partial charge in [0.25, 0.3) is 0 Å². The number of benzene rings is 1. The van der Waals surface area contributed by atoms with Crippen LogP contribution < -0.4 is 5.73 Å². The summed E-state index contributed by atoms with van der Waals surface area (Å²) in [4.78, 5) is 0. The lowest BCUT2D eigenvalue weighted by molar-refractivity contribution is -0.137. The van der Waals surface area contributed by atoms with Gasteiger partial charge in [-0.1, -0.05) is 23.7 Å². The van der Waals surface area contributed by atoms with Gasteiger partial charge in [0.05, 0.1) is 16.6 Å². The van der Waals surface area contributed by atoms with E-state index in [1.807, 2.05) is 0 Å². The van der Waals surface area contributed by atoms with Crippen molar-refractivity contribution in [1.29, 1.82) is 0 Å². The molecule has 0 radical (unpaired) electrons. The molecule has 0 saturated carbocycles. The van der Waals surface area contributed by atoms with Crippen LogP contribution >= 0.6 is 11.6 Å². The maximum atomic E-state index is 12.4. The van der Waals surface area contributed by atoms with E-state index < -0.39 is 29.5 Å². The van der Waals surface area contributed by atoms with E-state index >= 15 is 0 Å². The van der Waals surface area contributed by atoms with Crippen LogP contribution in [0.15, 0.2) is 18.2 Å². The predicted molar refractivity (Wildman–Crippen MR) is 49.4 cm³/mol. The summed E-state index contributed by atoms with van der Waals surface area (Å²) in [7, 11) is 0. The second kappa shape index (κ2) is 4.37. The van der Waals surface area contributed by atoms with Crippen LogP contribution in [0.1, 0.15) is 17.2 Å². The first-order valence-corrected chi connectivity index (χ1v) is 4.43. The number of halogens is 5. The average molecular weight is 242 g/mol. The molecule has 0 aliphatic carbocycles. The Bertz CT molecular complexity index is 350. The van der Waals surface area contributed by atoms with E-state index in [-0.39, 0.29) is 5.56 Å². The molecule has 1 atom stereocenters. The van der Waals surface area contributed by atoms with Crippen LogP contribution in [-0.4, -0.2) is 6.67 Å². The van der Waals surface area contributed by atoms with Gasteiger partial charge in [-0.2, -0.15) is 13.2 Å². The highest BCUT2D eigenvalue weighted by atomic mass is 35.5. The van der Waals surface area contributed by atoms with Crippen molar-refractivity contribution in [1.82, 2.24) is 0 Å². The van der Waals surface area contributed by atoms with Gasteiger partial charge in [-0.3, -0.25) is 0 Å². The topological polar surface area (TPSA) is 26.0 Å². The largest absolute Gasteiger partial charge is 0.417 e. The molecule has 0 fully saturated rings. The Morgan fingerprint density at radius 2 is 1.93 bits per heavy atom. The Kier molecular flexibility index (Phi) is 3.57. The van der Waals surface area contributed by atoms with E-state index in [2.05, 4.69) is 0 Å². The van der Waals surface area contributed by atoms with Crippen molar-refractivity contribution in [2.45, 2.75) is 12.2 Å². The molecule has 6 heteroatoms. The summed E-state index contributed by atoms with van der Waals surface area (Å²) in [6.45, 7) is -0.957. The summed E-state index contributed by atoms with van der Waals surface area (Å²) in [6, 6.07) is 2.14. The molecule has 84 valence electrons. The molecule has 1 nitrogen and oxygen atoms in total. The van der Waals surface area contributed by atoms with Crippen LogP contribution in [0.5, 0.6) is 0 Å². The molecule has 1 aromatic rings. The van der Waals surface area contributed by atoms with E-state index in [4.69, 9.17) is 17.3 Å². The predicted octanol–water partition coefficient (Wildman–Crippen LogP) is 3.33. The van der Waals surface area contributed by atoms with Gasteiger partial charge in [0.1, 0.15) is 6.67 Å². The van der Waals surface area contributed by atoms with Crippen molar-refractivity contribution >= 4 is 11.6 Å². The second-order valence-corrected chi connectivity index (χ2v) is 3.35. The van der Waals surface area contributed by atoms with Crippen molar-refractivity contribution in [2.24, 2.45) is 5.73 Å². The molecule has 15 heavy (non-hydrogen) atoms. The Balaban J connectivity index is 3.23. The van der Waals surface area contributed by atoms with Crippen LogP contribution in [-0.2, 0) is 6.18 Å². The van der Waals surface area contributed by atoms with Gasteiger partial charge < -0.3 is 5.73 Å². The fraction of sp³-hybridized carbons (Fsp3) is 0.333. The highest BCUT2D eigenvalue weighted by Crippen LogP contribution is 2.37. The normalized spacial score (nSPS) is 14.0. The lowest BCUT2D eigenvalue weighted by Crippen LogP contribution is -2.15. The molecule has 1 rings (SSSR count). The maximum absolute atomic E-state index is 12.4. The minimum absolute atomic E-state index is 0.0333. The minimum atomic E-state index is -4.55. The molecule has 0 heterocycles. The zero-order valence-electron chi connectivity index (χ0n) is 7.48. The van der Waals surface area contributed by atoms with Crippen LogP contribution in [0.2, 0.25) is 5.02 Å². The van der Waals surface area contributed by atoms with Gasteiger partial charge in [-0.05, 0) is 11.6 Å². The zero-order valence-corrected chi connectivity index (χ0v) is 8.24. The monoisotopic (exact) mass is 241 g/mol. The first-order valence-electron chi connectivity index (χ1n) is 4.05. The highest BCUT2D eigenvalue weighted by Gasteiger charge is 2.34. The Hall–Kier alpha value is -0.810. The Morgan fingerprint density at radius 3 is 2.40 bits per heavy atom. The van der Waals surface area contributed by atoms with E-state index in [1.165, 1.54) is 6.07 Å². The zero-order chi connectivity index (χ0) is 11.6. The third kappa shape index (κ3) is 2.60. The maximum Gasteiger partial charge on any atom is 0.417 e. The van der Waals surface area contributed by atoms with Crippen LogP contribution in [0, 0.1) is 0 Å². The summed E-state index contributed by atoms with van der Waals surface area (Å²) >= 11 is 5.50. The van der Waals surface area contributed by atoms with Gasteiger partial charge in [0.2, 0.25) is 0 Å². The fourth-order valence-corrected chi connectivity index (χ4v) is 1.51.